The summed E-state index contributed by atoms with van der Waals surface area (Å²) in [5.74, 6) is 1.41. The summed E-state index contributed by atoms with van der Waals surface area (Å²) in [5, 5.41) is 5.30. The molecule has 0 unspecified atom stereocenters. The zero-order chi connectivity index (χ0) is 17.1. The summed E-state index contributed by atoms with van der Waals surface area (Å²) < 4.78 is 10.6. The van der Waals surface area contributed by atoms with Crippen molar-refractivity contribution < 1.29 is 14.3 Å². The molecule has 0 aliphatic carbocycles. The van der Waals surface area contributed by atoms with Crippen molar-refractivity contribution in [2.45, 2.75) is 12.8 Å². The van der Waals surface area contributed by atoms with Gasteiger partial charge in [0.05, 0.1) is 5.69 Å². The highest BCUT2D eigenvalue weighted by molar-refractivity contribution is 7.14. The number of fused-ring (bicyclic) bond motifs is 1. The minimum atomic E-state index is -0.0698. The quantitative estimate of drug-likeness (QED) is 0.760. The number of carbonyl (C=O) groups is 1. The molecule has 1 aliphatic heterocycles. The Hall–Kier alpha value is -2.93. The number of benzene rings is 1. The van der Waals surface area contributed by atoms with E-state index in [1.807, 2.05) is 41.8 Å². The number of amides is 1. The minimum absolute atomic E-state index is 0.0698. The van der Waals surface area contributed by atoms with Crippen molar-refractivity contribution in [2.24, 2.45) is 0 Å². The molecule has 0 spiro atoms. The van der Waals surface area contributed by atoms with Crippen LogP contribution in [0.1, 0.15) is 12.0 Å². The van der Waals surface area contributed by atoms with Crippen LogP contribution in [0, 0.1) is 0 Å². The van der Waals surface area contributed by atoms with Gasteiger partial charge in [-0.15, -0.1) is 11.3 Å². The van der Waals surface area contributed by atoms with Gasteiger partial charge in [0.2, 0.25) is 12.7 Å². The molecule has 6 nitrogen and oxygen atoms in total. The van der Waals surface area contributed by atoms with Gasteiger partial charge < -0.3 is 14.8 Å². The maximum atomic E-state index is 12.1. The zero-order valence-electron chi connectivity index (χ0n) is 13.3. The number of carbonyl (C=O) groups excluding carboxylic acids is 1. The fourth-order valence-electron chi connectivity index (χ4n) is 2.50. The molecule has 0 fully saturated rings. The number of aromatic nitrogens is 2. The van der Waals surface area contributed by atoms with E-state index in [-0.39, 0.29) is 12.7 Å². The summed E-state index contributed by atoms with van der Waals surface area (Å²) in [5.41, 5.74) is 2.59. The maximum Gasteiger partial charge on any atom is 0.231 e. The molecule has 0 radical (unpaired) electrons. The first-order valence-electron chi connectivity index (χ1n) is 7.83. The number of hydrogen-bond donors (Lipinski definition) is 1. The lowest BCUT2D eigenvalue weighted by atomic mass is 10.1. The summed E-state index contributed by atoms with van der Waals surface area (Å²) in [7, 11) is 0. The summed E-state index contributed by atoms with van der Waals surface area (Å²) in [6.07, 6.45) is 2.72. The molecule has 2 aromatic heterocycles. The van der Waals surface area contributed by atoms with Crippen molar-refractivity contribution in [1.82, 2.24) is 9.97 Å². The van der Waals surface area contributed by atoms with Crippen LogP contribution in [0.25, 0.3) is 11.4 Å². The Labute approximate surface area is 148 Å². The second-order valence-corrected chi connectivity index (χ2v) is 6.35. The summed E-state index contributed by atoms with van der Waals surface area (Å²) in [4.78, 5) is 20.8. The van der Waals surface area contributed by atoms with Gasteiger partial charge in [-0.25, -0.2) is 4.98 Å². The van der Waals surface area contributed by atoms with E-state index in [1.54, 1.807) is 6.20 Å². The molecule has 0 atom stereocenters. The summed E-state index contributed by atoms with van der Waals surface area (Å²) in [6.45, 7) is 0.252. The van der Waals surface area contributed by atoms with Gasteiger partial charge >= 0.3 is 0 Å². The van der Waals surface area contributed by atoms with E-state index >= 15 is 0 Å². The number of hydrogen-bond acceptors (Lipinski definition) is 6. The number of thiazole rings is 1. The van der Waals surface area contributed by atoms with E-state index < -0.39 is 0 Å². The first kappa shape index (κ1) is 15.6. The molecule has 3 aromatic rings. The first-order valence-corrected chi connectivity index (χ1v) is 8.71. The van der Waals surface area contributed by atoms with Crippen molar-refractivity contribution in [3.05, 3.63) is 53.5 Å². The third-order valence-corrected chi connectivity index (χ3v) is 4.51. The number of anilines is 1. The second-order valence-electron chi connectivity index (χ2n) is 5.49. The molecule has 7 heteroatoms. The standard InChI is InChI=1S/C18H15N3O3S/c22-17(7-5-12-4-6-15-16(9-12)24-11-23-15)21-18-20-14(10-25-18)13-3-1-2-8-19-13/h1-4,6,8-10H,5,7,11H2,(H,20,21,22). The Morgan fingerprint density at radius 3 is 2.96 bits per heavy atom. The van der Waals surface area contributed by atoms with Crippen molar-refractivity contribution in [1.29, 1.82) is 0 Å². The zero-order valence-corrected chi connectivity index (χ0v) is 14.1. The van der Waals surface area contributed by atoms with Gasteiger partial charge in [0.15, 0.2) is 16.6 Å². The van der Waals surface area contributed by atoms with Gasteiger partial charge in [-0.2, -0.15) is 0 Å². The Kier molecular flexibility index (Phi) is 4.30. The summed E-state index contributed by atoms with van der Waals surface area (Å²) >= 11 is 1.39. The molecule has 0 saturated carbocycles. The topological polar surface area (TPSA) is 73.3 Å². The molecule has 0 saturated heterocycles. The van der Waals surface area contributed by atoms with E-state index in [4.69, 9.17) is 9.47 Å². The third kappa shape index (κ3) is 3.61. The van der Waals surface area contributed by atoms with Crippen molar-refractivity contribution in [3.63, 3.8) is 0 Å². The van der Waals surface area contributed by atoms with Crippen LogP contribution in [-0.2, 0) is 11.2 Å². The van der Waals surface area contributed by atoms with Crippen LogP contribution in [-0.4, -0.2) is 22.7 Å². The lowest BCUT2D eigenvalue weighted by molar-refractivity contribution is -0.116. The largest absolute Gasteiger partial charge is 0.454 e. The fraction of sp³-hybridized carbons (Fsp3) is 0.167. The van der Waals surface area contributed by atoms with Crippen LogP contribution in [0.2, 0.25) is 0 Å². The van der Waals surface area contributed by atoms with Crippen LogP contribution >= 0.6 is 11.3 Å². The van der Waals surface area contributed by atoms with Crippen molar-refractivity contribution >= 4 is 22.4 Å². The molecule has 126 valence electrons. The van der Waals surface area contributed by atoms with Crippen LogP contribution < -0.4 is 14.8 Å². The predicted octanol–water partition coefficient (Wildman–Crippen LogP) is 3.51. The van der Waals surface area contributed by atoms with E-state index in [0.29, 0.717) is 18.0 Å². The molecule has 1 N–H and O–H groups in total. The van der Waals surface area contributed by atoms with Crippen LogP contribution in [0.3, 0.4) is 0 Å². The molecule has 1 amide bonds. The fourth-order valence-corrected chi connectivity index (χ4v) is 3.22. The molecular formula is C18H15N3O3S. The van der Waals surface area contributed by atoms with Gasteiger partial charge in [0.1, 0.15) is 5.69 Å². The van der Waals surface area contributed by atoms with Gasteiger partial charge in [0.25, 0.3) is 0 Å². The smallest absolute Gasteiger partial charge is 0.231 e. The Balaban J connectivity index is 1.34. The normalized spacial score (nSPS) is 12.2. The molecule has 4 rings (SSSR count). The molecule has 25 heavy (non-hydrogen) atoms. The summed E-state index contributed by atoms with van der Waals surface area (Å²) in [6, 6.07) is 11.4. The van der Waals surface area contributed by atoms with Gasteiger partial charge in [-0.05, 0) is 36.2 Å². The average molecular weight is 353 g/mol. The van der Waals surface area contributed by atoms with E-state index in [9.17, 15) is 4.79 Å². The Bertz CT molecular complexity index is 896. The van der Waals surface area contributed by atoms with E-state index in [2.05, 4.69) is 15.3 Å². The third-order valence-electron chi connectivity index (χ3n) is 3.76. The highest BCUT2D eigenvalue weighted by Gasteiger charge is 2.14. The van der Waals surface area contributed by atoms with Crippen molar-refractivity contribution in [3.8, 4) is 22.9 Å². The number of rotatable bonds is 5. The van der Waals surface area contributed by atoms with Gasteiger partial charge in [-0.1, -0.05) is 12.1 Å². The predicted molar refractivity (Wildman–Crippen MR) is 94.9 cm³/mol. The lowest BCUT2D eigenvalue weighted by Gasteiger charge is -2.03. The van der Waals surface area contributed by atoms with Crippen LogP contribution in [0.15, 0.2) is 48.0 Å². The SMILES string of the molecule is O=C(CCc1ccc2c(c1)OCO2)Nc1nc(-c2ccccn2)cs1. The Morgan fingerprint density at radius 2 is 2.08 bits per heavy atom. The first-order chi connectivity index (χ1) is 12.3. The molecule has 1 aromatic carbocycles. The van der Waals surface area contributed by atoms with Gasteiger partial charge in [0, 0.05) is 18.0 Å². The monoisotopic (exact) mass is 353 g/mol. The maximum absolute atomic E-state index is 12.1. The van der Waals surface area contributed by atoms with Crippen molar-refractivity contribution in [2.75, 3.05) is 12.1 Å². The van der Waals surface area contributed by atoms with E-state index in [1.165, 1.54) is 11.3 Å². The van der Waals surface area contributed by atoms with Gasteiger partial charge in [-0.3, -0.25) is 9.78 Å². The number of ether oxygens (including phenoxy) is 2. The number of nitrogens with one attached hydrogen (secondary N) is 1. The molecule has 3 heterocycles. The Morgan fingerprint density at radius 1 is 1.16 bits per heavy atom. The number of aryl methyl sites for hydroxylation is 1. The molecule has 1 aliphatic rings. The van der Waals surface area contributed by atoms with Crippen LogP contribution in [0.5, 0.6) is 11.5 Å². The number of pyridine rings is 1. The lowest BCUT2D eigenvalue weighted by Crippen LogP contribution is -2.12. The number of nitrogens with zero attached hydrogens (tertiary/aromatic N) is 2. The molecule has 0 bridgehead atoms. The minimum Gasteiger partial charge on any atom is -0.454 e. The highest BCUT2D eigenvalue weighted by atomic mass is 32.1. The average Bonchev–Trinajstić information content (AvgIpc) is 3.29. The van der Waals surface area contributed by atoms with Crippen LogP contribution in [0.4, 0.5) is 5.13 Å². The molecular weight excluding hydrogens is 338 g/mol. The van der Waals surface area contributed by atoms with E-state index in [0.717, 1.165) is 28.5 Å². The second kappa shape index (κ2) is 6.90. The highest BCUT2D eigenvalue weighted by Crippen LogP contribution is 2.32.